The van der Waals surface area contributed by atoms with Crippen LogP contribution in [0, 0.1) is 9.39 Å². The molecule has 0 aliphatic rings. The summed E-state index contributed by atoms with van der Waals surface area (Å²) < 4.78 is 39.3. The Hall–Kier alpha value is -0.830. The molecule has 3 nitrogen and oxygen atoms in total. The van der Waals surface area contributed by atoms with Crippen LogP contribution >= 0.6 is 22.6 Å². The summed E-state index contributed by atoms with van der Waals surface area (Å²) in [6.07, 6.45) is 0. The molecule has 1 rings (SSSR count). The lowest BCUT2D eigenvalue weighted by atomic mass is 10.2. The standard InChI is InChI=1S/C10H10F3IN2O/c11-6-2-1-3-7(14)8(6)9(17)16-5-10(12,13)4-15/h1-3H,4-5,15H2,(H,16,17). The van der Waals surface area contributed by atoms with Crippen LogP contribution in [0.4, 0.5) is 13.2 Å². The Balaban J connectivity index is 2.78. The summed E-state index contributed by atoms with van der Waals surface area (Å²) in [5.41, 5.74) is 4.58. The van der Waals surface area contributed by atoms with Gasteiger partial charge in [0.15, 0.2) is 0 Å². The van der Waals surface area contributed by atoms with Gasteiger partial charge in [-0.2, -0.15) is 0 Å². The van der Waals surface area contributed by atoms with Crippen LogP contribution in [-0.4, -0.2) is 24.9 Å². The predicted octanol–water partition coefficient (Wildman–Crippen LogP) is 1.75. The Morgan fingerprint density at radius 1 is 1.47 bits per heavy atom. The van der Waals surface area contributed by atoms with Crippen LogP contribution in [0.25, 0.3) is 0 Å². The molecule has 7 heteroatoms. The minimum absolute atomic E-state index is 0.235. The highest BCUT2D eigenvalue weighted by molar-refractivity contribution is 14.1. The number of hydrogen-bond donors (Lipinski definition) is 2. The molecular weight excluding hydrogens is 348 g/mol. The van der Waals surface area contributed by atoms with Gasteiger partial charge in [0.2, 0.25) is 0 Å². The first-order valence-corrected chi connectivity index (χ1v) is 5.75. The Morgan fingerprint density at radius 2 is 2.12 bits per heavy atom. The highest BCUT2D eigenvalue weighted by Gasteiger charge is 2.28. The molecule has 0 spiro atoms. The fourth-order valence-corrected chi connectivity index (χ4v) is 1.80. The van der Waals surface area contributed by atoms with Gasteiger partial charge in [0.1, 0.15) is 5.82 Å². The summed E-state index contributed by atoms with van der Waals surface area (Å²) in [7, 11) is 0. The third-order valence-electron chi connectivity index (χ3n) is 2.00. The first-order chi connectivity index (χ1) is 7.87. The summed E-state index contributed by atoms with van der Waals surface area (Å²) in [5, 5.41) is 1.96. The fourth-order valence-electron chi connectivity index (χ4n) is 1.08. The predicted molar refractivity (Wildman–Crippen MR) is 65.5 cm³/mol. The third-order valence-corrected chi connectivity index (χ3v) is 2.89. The Morgan fingerprint density at radius 3 is 2.65 bits per heavy atom. The molecule has 0 saturated carbocycles. The normalized spacial score (nSPS) is 11.4. The van der Waals surface area contributed by atoms with Gasteiger partial charge in [-0.15, -0.1) is 0 Å². The molecule has 0 saturated heterocycles. The summed E-state index contributed by atoms with van der Waals surface area (Å²) in [5.74, 6) is -4.81. The van der Waals surface area contributed by atoms with Crippen LogP contribution in [0.5, 0.6) is 0 Å². The molecule has 0 aromatic heterocycles. The average Bonchev–Trinajstić information content (AvgIpc) is 2.26. The zero-order valence-electron chi connectivity index (χ0n) is 8.64. The van der Waals surface area contributed by atoms with E-state index in [1.54, 1.807) is 22.6 Å². The van der Waals surface area contributed by atoms with Crippen molar-refractivity contribution in [1.82, 2.24) is 5.32 Å². The minimum Gasteiger partial charge on any atom is -0.346 e. The van der Waals surface area contributed by atoms with Crippen molar-refractivity contribution in [3.05, 3.63) is 33.1 Å². The molecule has 0 aliphatic carbocycles. The van der Waals surface area contributed by atoms with Gasteiger partial charge in [0, 0.05) is 3.57 Å². The lowest BCUT2D eigenvalue weighted by Gasteiger charge is -2.15. The van der Waals surface area contributed by atoms with Crippen molar-refractivity contribution < 1.29 is 18.0 Å². The number of carbonyl (C=O) groups is 1. The molecule has 0 radical (unpaired) electrons. The van der Waals surface area contributed by atoms with E-state index in [1.807, 2.05) is 5.32 Å². The zero-order chi connectivity index (χ0) is 13.1. The number of halogens is 4. The number of rotatable bonds is 4. The van der Waals surface area contributed by atoms with Gasteiger partial charge in [-0.1, -0.05) is 6.07 Å². The zero-order valence-corrected chi connectivity index (χ0v) is 10.8. The number of nitrogens with two attached hydrogens (primary N) is 1. The molecule has 0 bridgehead atoms. The van der Waals surface area contributed by atoms with E-state index in [0.29, 0.717) is 3.57 Å². The van der Waals surface area contributed by atoms with E-state index in [0.717, 1.165) is 6.07 Å². The van der Waals surface area contributed by atoms with Crippen molar-refractivity contribution in [3.8, 4) is 0 Å². The van der Waals surface area contributed by atoms with Crippen molar-refractivity contribution >= 4 is 28.5 Å². The van der Waals surface area contributed by atoms with Gasteiger partial charge in [-0.3, -0.25) is 4.79 Å². The maximum Gasteiger partial charge on any atom is 0.277 e. The van der Waals surface area contributed by atoms with Crippen molar-refractivity contribution in [2.75, 3.05) is 13.1 Å². The molecule has 0 fully saturated rings. The molecule has 0 heterocycles. The summed E-state index contributed by atoms with van der Waals surface area (Å²) in [6.45, 7) is -1.78. The molecule has 0 unspecified atom stereocenters. The lowest BCUT2D eigenvalue weighted by Crippen LogP contribution is -2.41. The van der Waals surface area contributed by atoms with E-state index in [9.17, 15) is 18.0 Å². The van der Waals surface area contributed by atoms with E-state index < -0.39 is 30.7 Å². The molecule has 0 aliphatic heterocycles. The van der Waals surface area contributed by atoms with Crippen LogP contribution in [0.3, 0.4) is 0 Å². The molecule has 1 aromatic carbocycles. The fraction of sp³-hybridized carbons (Fsp3) is 0.300. The van der Waals surface area contributed by atoms with E-state index in [-0.39, 0.29) is 5.56 Å². The Labute approximate surface area is 110 Å². The molecule has 3 N–H and O–H groups in total. The Bertz CT molecular complexity index is 406. The number of amides is 1. The molecular formula is C10H10F3IN2O. The van der Waals surface area contributed by atoms with Crippen molar-refractivity contribution in [2.45, 2.75) is 5.92 Å². The first kappa shape index (κ1) is 14.2. The van der Waals surface area contributed by atoms with Crippen LogP contribution in [0.2, 0.25) is 0 Å². The summed E-state index contributed by atoms with van der Waals surface area (Å²) in [6, 6.07) is 4.04. The average molecular weight is 358 g/mol. The first-order valence-electron chi connectivity index (χ1n) is 4.67. The van der Waals surface area contributed by atoms with Crippen LogP contribution < -0.4 is 11.1 Å². The second-order valence-electron chi connectivity index (χ2n) is 3.34. The van der Waals surface area contributed by atoms with E-state index in [1.165, 1.54) is 12.1 Å². The topological polar surface area (TPSA) is 55.1 Å². The van der Waals surface area contributed by atoms with Gasteiger partial charge in [0.05, 0.1) is 18.7 Å². The smallest absolute Gasteiger partial charge is 0.277 e. The highest BCUT2D eigenvalue weighted by atomic mass is 127. The molecule has 17 heavy (non-hydrogen) atoms. The number of hydrogen-bond acceptors (Lipinski definition) is 2. The molecule has 94 valence electrons. The number of carbonyl (C=O) groups excluding carboxylic acids is 1. The number of benzene rings is 1. The van der Waals surface area contributed by atoms with E-state index in [2.05, 4.69) is 0 Å². The molecule has 0 atom stereocenters. The van der Waals surface area contributed by atoms with Gasteiger partial charge < -0.3 is 11.1 Å². The van der Waals surface area contributed by atoms with Gasteiger partial charge in [-0.25, -0.2) is 13.2 Å². The number of alkyl halides is 2. The minimum atomic E-state index is -3.19. The quantitative estimate of drug-likeness (QED) is 0.806. The SMILES string of the molecule is NCC(F)(F)CNC(=O)c1c(F)cccc1I. The van der Waals surface area contributed by atoms with Gasteiger partial charge in [-0.05, 0) is 34.7 Å². The van der Waals surface area contributed by atoms with Crippen molar-refractivity contribution in [3.63, 3.8) is 0 Å². The maximum atomic E-state index is 13.3. The van der Waals surface area contributed by atoms with Gasteiger partial charge >= 0.3 is 0 Å². The van der Waals surface area contributed by atoms with Crippen LogP contribution in [0.1, 0.15) is 10.4 Å². The summed E-state index contributed by atoms with van der Waals surface area (Å²) in [4.78, 5) is 11.5. The number of nitrogens with one attached hydrogen (secondary N) is 1. The summed E-state index contributed by atoms with van der Waals surface area (Å²) >= 11 is 1.76. The largest absolute Gasteiger partial charge is 0.346 e. The van der Waals surface area contributed by atoms with Gasteiger partial charge in [0.25, 0.3) is 11.8 Å². The monoisotopic (exact) mass is 358 g/mol. The second kappa shape index (κ2) is 5.67. The Kier molecular flexibility index (Phi) is 4.75. The maximum absolute atomic E-state index is 13.3. The van der Waals surface area contributed by atoms with Crippen molar-refractivity contribution in [1.29, 1.82) is 0 Å². The van der Waals surface area contributed by atoms with E-state index >= 15 is 0 Å². The molecule has 1 aromatic rings. The van der Waals surface area contributed by atoms with Crippen LogP contribution in [0.15, 0.2) is 18.2 Å². The van der Waals surface area contributed by atoms with E-state index in [4.69, 9.17) is 5.73 Å². The van der Waals surface area contributed by atoms with Crippen molar-refractivity contribution in [2.24, 2.45) is 5.73 Å². The molecule has 1 amide bonds. The lowest BCUT2D eigenvalue weighted by molar-refractivity contribution is 0.0118. The van der Waals surface area contributed by atoms with Crippen LogP contribution in [-0.2, 0) is 0 Å². The second-order valence-corrected chi connectivity index (χ2v) is 4.50. The highest BCUT2D eigenvalue weighted by Crippen LogP contribution is 2.16. The third kappa shape index (κ3) is 3.84.